The first kappa shape index (κ1) is 19.7. The van der Waals surface area contributed by atoms with Gasteiger partial charge in [0.25, 0.3) is 0 Å². The van der Waals surface area contributed by atoms with Crippen molar-refractivity contribution in [1.82, 2.24) is 0 Å². The van der Waals surface area contributed by atoms with Gasteiger partial charge in [-0.25, -0.2) is 4.79 Å². The van der Waals surface area contributed by atoms with E-state index in [2.05, 4.69) is 4.74 Å². The first-order chi connectivity index (χ1) is 12.8. The van der Waals surface area contributed by atoms with E-state index in [1.165, 1.54) is 39.5 Å². The second-order valence-electron chi connectivity index (χ2n) is 5.39. The second kappa shape index (κ2) is 8.17. The van der Waals surface area contributed by atoms with E-state index in [0.29, 0.717) is 11.3 Å². The van der Waals surface area contributed by atoms with Gasteiger partial charge in [-0.1, -0.05) is 6.07 Å². The molecule has 0 aliphatic rings. The number of nitro groups is 1. The summed E-state index contributed by atoms with van der Waals surface area (Å²) < 4.78 is 14.8. The maximum absolute atomic E-state index is 12.7. The molecule has 0 saturated carbocycles. The highest BCUT2D eigenvalue weighted by atomic mass is 16.6. The number of hydrogen-bond acceptors (Lipinski definition) is 8. The summed E-state index contributed by atoms with van der Waals surface area (Å²) in [5.74, 6) is -1.70. The smallest absolute Gasteiger partial charge is 0.337 e. The van der Waals surface area contributed by atoms with E-state index in [-0.39, 0.29) is 23.3 Å². The quantitative estimate of drug-likeness (QED) is 0.339. The molecule has 0 unspecified atom stereocenters. The number of Topliss-reactive ketones (excluding diaryl/α,β-unsaturated/α-hetero) is 1. The zero-order valence-electron chi connectivity index (χ0n) is 14.8. The Balaban J connectivity index is 2.39. The molecular formula is C18H17NO8. The highest BCUT2D eigenvalue weighted by Gasteiger charge is 2.25. The first-order valence-corrected chi connectivity index (χ1v) is 7.66. The summed E-state index contributed by atoms with van der Waals surface area (Å²) in [6.07, 6.45) is -0.141. The maximum atomic E-state index is 12.7. The summed E-state index contributed by atoms with van der Waals surface area (Å²) in [6, 6.07) is 6.72. The van der Waals surface area contributed by atoms with Crippen LogP contribution in [0.2, 0.25) is 0 Å². The number of phenols is 1. The molecule has 0 radical (unpaired) electrons. The van der Waals surface area contributed by atoms with Crippen LogP contribution < -0.4 is 9.47 Å². The van der Waals surface area contributed by atoms with Crippen LogP contribution in [0.5, 0.6) is 17.2 Å². The van der Waals surface area contributed by atoms with Crippen LogP contribution in [0.3, 0.4) is 0 Å². The average Bonchev–Trinajstić information content (AvgIpc) is 2.66. The van der Waals surface area contributed by atoms with Gasteiger partial charge in [-0.3, -0.25) is 14.9 Å². The van der Waals surface area contributed by atoms with Crippen molar-refractivity contribution in [1.29, 1.82) is 0 Å². The summed E-state index contributed by atoms with van der Waals surface area (Å²) in [5, 5.41) is 20.9. The van der Waals surface area contributed by atoms with E-state index >= 15 is 0 Å². The second-order valence-corrected chi connectivity index (χ2v) is 5.39. The molecule has 2 rings (SSSR count). The lowest BCUT2D eigenvalue weighted by Crippen LogP contribution is -2.09. The largest absolute Gasteiger partial charge is 0.499 e. The number of esters is 1. The van der Waals surface area contributed by atoms with Gasteiger partial charge < -0.3 is 19.3 Å². The van der Waals surface area contributed by atoms with Crippen molar-refractivity contribution >= 4 is 17.4 Å². The normalized spacial score (nSPS) is 10.2. The Hall–Kier alpha value is -3.62. The van der Waals surface area contributed by atoms with Crippen LogP contribution >= 0.6 is 0 Å². The molecule has 0 heterocycles. The third-order valence-corrected chi connectivity index (χ3v) is 3.87. The van der Waals surface area contributed by atoms with Crippen molar-refractivity contribution in [2.75, 3.05) is 21.3 Å². The zero-order valence-corrected chi connectivity index (χ0v) is 14.8. The summed E-state index contributed by atoms with van der Waals surface area (Å²) >= 11 is 0. The fourth-order valence-electron chi connectivity index (χ4n) is 2.54. The van der Waals surface area contributed by atoms with Gasteiger partial charge in [0, 0.05) is 18.1 Å². The Morgan fingerprint density at radius 2 is 1.81 bits per heavy atom. The molecule has 0 aliphatic carbocycles. The molecule has 0 amide bonds. The highest BCUT2D eigenvalue weighted by Crippen LogP contribution is 2.39. The van der Waals surface area contributed by atoms with Crippen LogP contribution in [-0.4, -0.2) is 43.1 Å². The Morgan fingerprint density at radius 3 is 2.37 bits per heavy atom. The summed E-state index contributed by atoms with van der Waals surface area (Å²) in [5.41, 5.74) is 0.161. The van der Waals surface area contributed by atoms with Gasteiger partial charge in [0.2, 0.25) is 5.75 Å². The molecule has 142 valence electrons. The molecule has 0 aliphatic heterocycles. The standard InChI is InChI=1S/C18H17NO8/c1-25-15-9-11(18(22)27-3)5-4-10(15)8-14(20)12-6-7-13(19(23)24)16(21)17(12)26-2/h4-7,9,21H,8H2,1-3H3. The lowest BCUT2D eigenvalue weighted by molar-refractivity contribution is -0.386. The van der Waals surface area contributed by atoms with E-state index in [1.54, 1.807) is 6.07 Å². The lowest BCUT2D eigenvalue weighted by atomic mass is 9.99. The number of benzene rings is 2. The molecule has 0 aromatic heterocycles. The summed E-state index contributed by atoms with van der Waals surface area (Å²) in [7, 11) is 3.84. The van der Waals surface area contributed by atoms with Crippen molar-refractivity contribution in [3.8, 4) is 17.2 Å². The van der Waals surface area contributed by atoms with E-state index < -0.39 is 28.1 Å². The van der Waals surface area contributed by atoms with Gasteiger partial charge in [-0.05, 0) is 18.2 Å². The van der Waals surface area contributed by atoms with Crippen LogP contribution in [0.4, 0.5) is 5.69 Å². The van der Waals surface area contributed by atoms with Crippen LogP contribution in [0.1, 0.15) is 26.3 Å². The Bertz CT molecular complexity index is 906. The summed E-state index contributed by atoms with van der Waals surface area (Å²) in [4.78, 5) is 34.4. The summed E-state index contributed by atoms with van der Waals surface area (Å²) in [6.45, 7) is 0. The van der Waals surface area contributed by atoms with Crippen LogP contribution in [0, 0.1) is 10.1 Å². The molecule has 0 bridgehead atoms. The van der Waals surface area contributed by atoms with Crippen molar-refractivity contribution in [2.45, 2.75) is 6.42 Å². The average molecular weight is 375 g/mol. The van der Waals surface area contributed by atoms with E-state index in [4.69, 9.17) is 9.47 Å². The van der Waals surface area contributed by atoms with Crippen LogP contribution in [0.25, 0.3) is 0 Å². The number of carbonyl (C=O) groups is 2. The SMILES string of the molecule is COC(=O)c1ccc(CC(=O)c2ccc([N+](=O)[O-])c(O)c2OC)c(OC)c1. The van der Waals surface area contributed by atoms with Crippen LogP contribution in [-0.2, 0) is 11.2 Å². The minimum Gasteiger partial charge on any atom is -0.499 e. The Morgan fingerprint density at radius 1 is 1.11 bits per heavy atom. The zero-order chi connectivity index (χ0) is 20.1. The molecule has 9 nitrogen and oxygen atoms in total. The Kier molecular flexibility index (Phi) is 5.96. The monoisotopic (exact) mass is 375 g/mol. The molecule has 0 saturated heterocycles. The van der Waals surface area contributed by atoms with E-state index in [9.17, 15) is 24.8 Å². The van der Waals surface area contributed by atoms with Gasteiger partial charge in [0.05, 0.1) is 37.4 Å². The third-order valence-electron chi connectivity index (χ3n) is 3.87. The lowest BCUT2D eigenvalue weighted by Gasteiger charge is -2.12. The molecule has 2 aromatic carbocycles. The van der Waals surface area contributed by atoms with E-state index in [0.717, 1.165) is 6.07 Å². The molecule has 27 heavy (non-hydrogen) atoms. The number of ether oxygens (including phenoxy) is 3. The minimum absolute atomic E-state index is 0.0142. The Labute approximate surface area is 154 Å². The first-order valence-electron chi connectivity index (χ1n) is 7.66. The number of hydrogen-bond donors (Lipinski definition) is 1. The predicted octanol–water partition coefficient (Wildman–Crippen LogP) is 2.53. The molecule has 0 atom stereocenters. The highest BCUT2D eigenvalue weighted by molar-refractivity contribution is 6.01. The van der Waals surface area contributed by atoms with Crippen molar-refractivity contribution in [2.24, 2.45) is 0 Å². The number of rotatable bonds is 7. The predicted molar refractivity (Wildman–Crippen MR) is 93.7 cm³/mol. The minimum atomic E-state index is -0.777. The maximum Gasteiger partial charge on any atom is 0.337 e. The number of ketones is 1. The molecule has 0 spiro atoms. The fraction of sp³-hybridized carbons (Fsp3) is 0.222. The number of methoxy groups -OCH3 is 3. The molecule has 2 aromatic rings. The molecule has 9 heteroatoms. The van der Waals surface area contributed by atoms with Crippen molar-refractivity contribution in [3.05, 3.63) is 57.1 Å². The topological polar surface area (TPSA) is 125 Å². The molecule has 1 N–H and O–H groups in total. The van der Waals surface area contributed by atoms with Crippen molar-refractivity contribution < 1.29 is 33.8 Å². The number of phenolic OH excluding ortho intramolecular Hbond substituents is 1. The van der Waals surface area contributed by atoms with Gasteiger partial charge in [0.1, 0.15) is 5.75 Å². The van der Waals surface area contributed by atoms with Gasteiger partial charge in [-0.2, -0.15) is 0 Å². The number of nitro benzene ring substituents is 1. The van der Waals surface area contributed by atoms with Crippen molar-refractivity contribution in [3.63, 3.8) is 0 Å². The third kappa shape index (κ3) is 3.97. The molecule has 0 fully saturated rings. The van der Waals surface area contributed by atoms with Gasteiger partial charge in [0.15, 0.2) is 11.5 Å². The molecular weight excluding hydrogens is 358 g/mol. The van der Waals surface area contributed by atoms with E-state index in [1.807, 2.05) is 0 Å². The number of aromatic hydroxyl groups is 1. The van der Waals surface area contributed by atoms with Gasteiger partial charge >= 0.3 is 11.7 Å². The van der Waals surface area contributed by atoms with Gasteiger partial charge in [-0.15, -0.1) is 0 Å². The number of carbonyl (C=O) groups excluding carboxylic acids is 2. The van der Waals surface area contributed by atoms with Crippen LogP contribution in [0.15, 0.2) is 30.3 Å². The fourth-order valence-corrected chi connectivity index (χ4v) is 2.54. The number of nitrogens with zero attached hydrogens (tertiary/aromatic N) is 1.